The Morgan fingerprint density at radius 1 is 1.11 bits per heavy atom. The fourth-order valence-electron chi connectivity index (χ4n) is 7.03. The van der Waals surface area contributed by atoms with Crippen molar-refractivity contribution < 1.29 is 19.5 Å². The van der Waals surface area contributed by atoms with E-state index in [1.54, 1.807) is 16.7 Å². The van der Waals surface area contributed by atoms with Crippen LogP contribution in [0.5, 0.6) is 0 Å². The van der Waals surface area contributed by atoms with Gasteiger partial charge in [0.15, 0.2) is 0 Å². The number of likely N-dealkylation sites (tertiary alicyclic amines) is 1. The zero-order valence-corrected chi connectivity index (χ0v) is 21.3. The number of thioether (sulfide) groups is 1. The first-order chi connectivity index (χ1) is 17.0. The number of benzene rings is 1. The van der Waals surface area contributed by atoms with Gasteiger partial charge in [-0.05, 0) is 50.2 Å². The fraction of sp³-hybridized carbons (Fsp3) is 0.667. The third-order valence-corrected chi connectivity index (χ3v) is 10.7. The number of carbonyl (C=O) groups excluding carboxylic acids is 3. The molecule has 5 rings (SSSR count). The van der Waals surface area contributed by atoms with Crippen molar-refractivity contribution in [1.29, 1.82) is 0 Å². The van der Waals surface area contributed by atoms with Crippen LogP contribution in [0, 0.1) is 17.8 Å². The summed E-state index contributed by atoms with van der Waals surface area (Å²) in [5.41, 5.74) is 0.726. The Kier molecular flexibility index (Phi) is 7.13. The number of hydrogen-bond acceptors (Lipinski definition) is 5. The molecule has 1 saturated carbocycles. The van der Waals surface area contributed by atoms with Crippen LogP contribution in [0.4, 0.5) is 5.69 Å². The van der Waals surface area contributed by atoms with Gasteiger partial charge in [-0.25, -0.2) is 0 Å². The number of amides is 3. The van der Waals surface area contributed by atoms with Gasteiger partial charge in [-0.2, -0.15) is 0 Å². The molecule has 4 fully saturated rings. The molecule has 3 heterocycles. The smallest absolute Gasteiger partial charge is 0.244 e. The normalized spacial score (nSPS) is 34.2. The first kappa shape index (κ1) is 24.6. The van der Waals surface area contributed by atoms with Gasteiger partial charge < -0.3 is 20.6 Å². The van der Waals surface area contributed by atoms with Gasteiger partial charge in [0.1, 0.15) is 6.04 Å². The average Bonchev–Trinajstić information content (AvgIpc) is 3.44. The molecule has 3 N–H and O–H groups in total. The lowest BCUT2D eigenvalue weighted by Crippen LogP contribution is -2.57. The third-order valence-electron chi connectivity index (χ3n) is 8.60. The maximum Gasteiger partial charge on any atom is 0.244 e. The van der Waals surface area contributed by atoms with Gasteiger partial charge in [0, 0.05) is 30.1 Å². The van der Waals surface area contributed by atoms with Crippen molar-refractivity contribution in [3.05, 3.63) is 30.3 Å². The van der Waals surface area contributed by atoms with Gasteiger partial charge in [0.2, 0.25) is 17.7 Å². The molecule has 3 aliphatic heterocycles. The molecule has 4 aliphatic rings. The molecule has 35 heavy (non-hydrogen) atoms. The van der Waals surface area contributed by atoms with Crippen LogP contribution in [0.2, 0.25) is 0 Å². The molecule has 1 spiro atoms. The topological polar surface area (TPSA) is 98.7 Å². The predicted octanol–water partition coefficient (Wildman–Crippen LogP) is 3.18. The van der Waals surface area contributed by atoms with Crippen LogP contribution in [0.3, 0.4) is 0 Å². The van der Waals surface area contributed by atoms with Crippen LogP contribution >= 0.6 is 11.8 Å². The lowest BCUT2D eigenvalue weighted by Gasteiger charge is -2.39. The highest BCUT2D eigenvalue weighted by Crippen LogP contribution is 2.68. The molecule has 3 saturated heterocycles. The molecule has 1 aromatic carbocycles. The number of nitrogens with zero attached hydrogens (tertiary/aromatic N) is 1. The van der Waals surface area contributed by atoms with Gasteiger partial charge in [-0.3, -0.25) is 14.4 Å². The summed E-state index contributed by atoms with van der Waals surface area (Å²) in [7, 11) is 0. The molecule has 3 amide bonds. The van der Waals surface area contributed by atoms with E-state index in [1.165, 1.54) is 6.42 Å². The SMILES string of the molecule is CC1C[C@H]2SC13C(C(=O)NC1CCCCC1)N(CCCCO)C(=O)[C@@H]3[C@H]2C(=O)Nc1ccccc1. The van der Waals surface area contributed by atoms with Crippen molar-refractivity contribution in [2.24, 2.45) is 17.8 Å². The van der Waals surface area contributed by atoms with Crippen LogP contribution in [-0.4, -0.2) is 63.0 Å². The molecule has 0 radical (unpaired) electrons. The minimum absolute atomic E-state index is 0.0345. The highest BCUT2D eigenvalue weighted by Gasteiger charge is 2.75. The Bertz CT molecular complexity index is 953. The van der Waals surface area contributed by atoms with E-state index in [4.69, 9.17) is 0 Å². The second-order valence-electron chi connectivity index (χ2n) is 10.7. The molecule has 7 nitrogen and oxygen atoms in total. The van der Waals surface area contributed by atoms with Crippen molar-refractivity contribution in [3.8, 4) is 0 Å². The summed E-state index contributed by atoms with van der Waals surface area (Å²) in [5, 5.41) is 15.7. The van der Waals surface area contributed by atoms with Crippen molar-refractivity contribution in [2.45, 2.75) is 80.4 Å². The number of aliphatic hydroxyl groups excluding tert-OH is 1. The Hall–Kier alpha value is -2.06. The predicted molar refractivity (Wildman–Crippen MR) is 137 cm³/mol. The van der Waals surface area contributed by atoms with Gasteiger partial charge in [-0.15, -0.1) is 11.8 Å². The third kappa shape index (κ3) is 4.26. The van der Waals surface area contributed by atoms with E-state index >= 15 is 0 Å². The Morgan fingerprint density at radius 2 is 1.86 bits per heavy atom. The number of carbonyl (C=O) groups is 3. The van der Waals surface area contributed by atoms with Gasteiger partial charge in [-0.1, -0.05) is 44.4 Å². The molecule has 1 aliphatic carbocycles. The standard InChI is InChI=1S/C27H37N3O4S/c1-17-16-20-21(24(32)28-18-10-4-2-5-11-18)22-26(34)30(14-8-9-15-31)23(27(17,22)35-20)25(33)29-19-12-6-3-7-13-19/h2,4-5,10-11,17,19-23,31H,3,6-9,12-16H2,1H3,(H,28,32)(H,29,33)/t17?,20-,21+,22+,23?,27?/m1/s1. The van der Waals surface area contributed by atoms with Gasteiger partial charge in [0.25, 0.3) is 0 Å². The first-order valence-corrected chi connectivity index (χ1v) is 14.1. The zero-order valence-electron chi connectivity index (χ0n) is 20.4. The lowest BCUT2D eigenvalue weighted by atomic mass is 9.65. The van der Waals surface area contributed by atoms with Crippen molar-refractivity contribution in [2.75, 3.05) is 18.5 Å². The highest BCUT2D eigenvalue weighted by molar-refractivity contribution is 8.02. The highest BCUT2D eigenvalue weighted by atomic mass is 32.2. The Balaban J connectivity index is 1.44. The second kappa shape index (κ2) is 10.1. The number of hydrogen-bond donors (Lipinski definition) is 3. The fourth-order valence-corrected chi connectivity index (χ4v) is 9.45. The summed E-state index contributed by atoms with van der Waals surface area (Å²) in [6, 6.07) is 8.97. The van der Waals surface area contributed by atoms with Crippen LogP contribution in [0.15, 0.2) is 30.3 Å². The molecule has 3 unspecified atom stereocenters. The number of nitrogens with one attached hydrogen (secondary N) is 2. The molecule has 0 aromatic heterocycles. The number of rotatable bonds is 8. The van der Waals surface area contributed by atoms with Crippen LogP contribution in [0.25, 0.3) is 0 Å². The zero-order chi connectivity index (χ0) is 24.6. The molecule has 1 aromatic rings. The lowest BCUT2D eigenvalue weighted by molar-refractivity contribution is -0.139. The quantitative estimate of drug-likeness (QED) is 0.477. The van der Waals surface area contributed by atoms with E-state index in [2.05, 4.69) is 17.6 Å². The number of para-hydroxylation sites is 1. The van der Waals surface area contributed by atoms with Crippen LogP contribution < -0.4 is 10.6 Å². The van der Waals surface area contributed by atoms with Crippen LogP contribution in [-0.2, 0) is 14.4 Å². The van der Waals surface area contributed by atoms with E-state index in [0.717, 1.165) is 37.8 Å². The molecule has 8 heteroatoms. The molecule has 190 valence electrons. The summed E-state index contributed by atoms with van der Waals surface area (Å²) in [6.45, 7) is 2.65. The number of aliphatic hydroxyl groups is 1. The largest absolute Gasteiger partial charge is 0.396 e. The van der Waals surface area contributed by atoms with E-state index < -0.39 is 22.6 Å². The minimum atomic E-state index is -0.585. The minimum Gasteiger partial charge on any atom is -0.396 e. The molecule has 6 atom stereocenters. The first-order valence-electron chi connectivity index (χ1n) is 13.2. The summed E-state index contributed by atoms with van der Waals surface area (Å²) >= 11 is 1.72. The van der Waals surface area contributed by atoms with E-state index in [-0.39, 0.29) is 41.5 Å². The number of unbranched alkanes of at least 4 members (excludes halogenated alkanes) is 1. The number of anilines is 1. The van der Waals surface area contributed by atoms with E-state index in [0.29, 0.717) is 19.4 Å². The average molecular weight is 500 g/mol. The monoisotopic (exact) mass is 499 g/mol. The van der Waals surface area contributed by atoms with Crippen molar-refractivity contribution >= 4 is 35.2 Å². The second-order valence-corrected chi connectivity index (χ2v) is 12.3. The van der Waals surface area contributed by atoms with E-state index in [1.807, 2.05) is 30.3 Å². The molecular formula is C27H37N3O4S. The molecule has 2 bridgehead atoms. The maximum atomic E-state index is 14.0. The Morgan fingerprint density at radius 3 is 2.57 bits per heavy atom. The van der Waals surface area contributed by atoms with Gasteiger partial charge >= 0.3 is 0 Å². The number of fused-ring (bicyclic) bond motifs is 1. The summed E-state index contributed by atoms with van der Waals surface area (Å²) in [6.07, 6.45) is 7.49. The Labute approximate surface area is 211 Å². The summed E-state index contributed by atoms with van der Waals surface area (Å²) in [4.78, 5) is 43.1. The summed E-state index contributed by atoms with van der Waals surface area (Å²) in [5.74, 6) is -1.03. The summed E-state index contributed by atoms with van der Waals surface area (Å²) < 4.78 is -0.585. The molecular weight excluding hydrogens is 462 g/mol. The van der Waals surface area contributed by atoms with Crippen molar-refractivity contribution in [1.82, 2.24) is 10.2 Å². The van der Waals surface area contributed by atoms with E-state index in [9.17, 15) is 19.5 Å². The van der Waals surface area contributed by atoms with Crippen LogP contribution in [0.1, 0.15) is 58.3 Å². The van der Waals surface area contributed by atoms with Gasteiger partial charge in [0.05, 0.1) is 16.6 Å². The maximum absolute atomic E-state index is 14.0. The van der Waals surface area contributed by atoms with Crippen molar-refractivity contribution in [3.63, 3.8) is 0 Å².